The first-order valence-electron chi connectivity index (χ1n) is 10.8. The molecule has 0 amide bonds. The van der Waals surface area contributed by atoms with Crippen LogP contribution in [0.15, 0.2) is 54.6 Å². The molecule has 0 spiro atoms. The second-order valence-corrected chi connectivity index (χ2v) is 7.24. The summed E-state index contributed by atoms with van der Waals surface area (Å²) >= 11 is 0. The molecule has 1 rings (SSSR count). The second kappa shape index (κ2) is 16.2. The standard InChI is InChI=1S/C25H40/c1-3-5-7-9-10-11-12-13-14-17-21-24(20-16-8-6-4-2)25-22-18-15-19-23-25/h13-15,17-19,21-24H,3-12,16,20H2,1-2H3/b14-13+,21-17-. The Balaban J connectivity index is 2.32. The number of allylic oxidation sites excluding steroid dienone is 4. The van der Waals surface area contributed by atoms with E-state index in [0.717, 1.165) is 0 Å². The molecular weight excluding hydrogens is 300 g/mol. The number of hydrogen-bond acceptors (Lipinski definition) is 0. The minimum atomic E-state index is 0.566. The van der Waals surface area contributed by atoms with E-state index >= 15 is 0 Å². The molecule has 0 radical (unpaired) electrons. The van der Waals surface area contributed by atoms with Crippen LogP contribution >= 0.6 is 0 Å². The molecule has 0 N–H and O–H groups in total. The van der Waals surface area contributed by atoms with Gasteiger partial charge in [-0.25, -0.2) is 0 Å². The van der Waals surface area contributed by atoms with Crippen molar-refractivity contribution in [3.05, 3.63) is 60.2 Å². The van der Waals surface area contributed by atoms with E-state index in [1.807, 2.05) is 0 Å². The van der Waals surface area contributed by atoms with E-state index < -0.39 is 0 Å². The molecule has 140 valence electrons. The first kappa shape index (κ1) is 21.7. The van der Waals surface area contributed by atoms with Crippen molar-refractivity contribution in [2.75, 3.05) is 0 Å². The molecule has 0 aromatic heterocycles. The molecule has 0 heteroatoms. The molecule has 0 saturated carbocycles. The smallest absolute Gasteiger partial charge is 0.00210 e. The molecule has 0 nitrogen and oxygen atoms in total. The van der Waals surface area contributed by atoms with Crippen LogP contribution in [-0.2, 0) is 0 Å². The summed E-state index contributed by atoms with van der Waals surface area (Å²) in [7, 11) is 0. The normalized spacial score (nSPS) is 13.0. The predicted octanol–water partition coefficient (Wildman–Crippen LogP) is 8.60. The van der Waals surface area contributed by atoms with Crippen LogP contribution in [0.4, 0.5) is 0 Å². The van der Waals surface area contributed by atoms with Gasteiger partial charge in [-0.1, -0.05) is 126 Å². The monoisotopic (exact) mass is 340 g/mol. The van der Waals surface area contributed by atoms with Crippen LogP contribution in [0, 0.1) is 0 Å². The van der Waals surface area contributed by atoms with Gasteiger partial charge < -0.3 is 0 Å². The van der Waals surface area contributed by atoms with Crippen LogP contribution in [0.2, 0.25) is 0 Å². The van der Waals surface area contributed by atoms with E-state index in [2.05, 4.69) is 68.5 Å². The first-order chi connectivity index (χ1) is 12.4. The minimum Gasteiger partial charge on any atom is -0.0845 e. The van der Waals surface area contributed by atoms with Crippen molar-refractivity contribution in [1.82, 2.24) is 0 Å². The van der Waals surface area contributed by atoms with Crippen molar-refractivity contribution in [3.63, 3.8) is 0 Å². The molecule has 0 aliphatic rings. The Morgan fingerprint density at radius 3 is 2.08 bits per heavy atom. The largest absolute Gasteiger partial charge is 0.0845 e. The van der Waals surface area contributed by atoms with Gasteiger partial charge in [0.15, 0.2) is 0 Å². The molecule has 0 bridgehead atoms. The minimum absolute atomic E-state index is 0.566. The van der Waals surface area contributed by atoms with Crippen molar-refractivity contribution < 1.29 is 0 Å². The molecule has 25 heavy (non-hydrogen) atoms. The van der Waals surface area contributed by atoms with Gasteiger partial charge in [0.05, 0.1) is 0 Å². The third kappa shape index (κ3) is 11.8. The second-order valence-electron chi connectivity index (χ2n) is 7.24. The highest BCUT2D eigenvalue weighted by atomic mass is 14.1. The van der Waals surface area contributed by atoms with Gasteiger partial charge in [-0.2, -0.15) is 0 Å². The third-order valence-electron chi connectivity index (χ3n) is 4.91. The van der Waals surface area contributed by atoms with E-state index in [1.165, 1.54) is 82.6 Å². The lowest BCUT2D eigenvalue weighted by Gasteiger charge is -2.13. The fourth-order valence-corrected chi connectivity index (χ4v) is 3.28. The molecule has 0 aliphatic carbocycles. The van der Waals surface area contributed by atoms with Crippen molar-refractivity contribution >= 4 is 0 Å². The molecule has 0 heterocycles. The van der Waals surface area contributed by atoms with Crippen molar-refractivity contribution in [3.8, 4) is 0 Å². The summed E-state index contributed by atoms with van der Waals surface area (Å²) in [5, 5.41) is 0. The quantitative estimate of drug-likeness (QED) is 0.221. The van der Waals surface area contributed by atoms with Crippen molar-refractivity contribution in [2.45, 2.75) is 96.8 Å². The molecule has 0 fully saturated rings. The Morgan fingerprint density at radius 2 is 1.36 bits per heavy atom. The molecule has 1 aromatic carbocycles. The topological polar surface area (TPSA) is 0 Å². The van der Waals surface area contributed by atoms with Crippen LogP contribution in [-0.4, -0.2) is 0 Å². The highest BCUT2D eigenvalue weighted by Crippen LogP contribution is 2.24. The fourth-order valence-electron chi connectivity index (χ4n) is 3.28. The van der Waals surface area contributed by atoms with E-state index in [4.69, 9.17) is 0 Å². The molecule has 0 saturated heterocycles. The molecule has 0 aliphatic heterocycles. The summed E-state index contributed by atoms with van der Waals surface area (Å²) < 4.78 is 0. The SMILES string of the molecule is CCCCCCCC/C=C/C=C\C(CCCCCC)c1ccccc1. The van der Waals surface area contributed by atoms with Gasteiger partial charge >= 0.3 is 0 Å². The van der Waals surface area contributed by atoms with Crippen LogP contribution in [0.5, 0.6) is 0 Å². The lowest BCUT2D eigenvalue weighted by atomic mass is 9.92. The van der Waals surface area contributed by atoms with Gasteiger partial charge in [0.25, 0.3) is 0 Å². The summed E-state index contributed by atoms with van der Waals surface area (Å²) in [6.45, 7) is 4.56. The summed E-state index contributed by atoms with van der Waals surface area (Å²) in [6, 6.07) is 11.0. The molecule has 1 aromatic rings. The predicted molar refractivity (Wildman–Crippen MR) is 114 cm³/mol. The summed E-state index contributed by atoms with van der Waals surface area (Å²) in [4.78, 5) is 0. The van der Waals surface area contributed by atoms with Crippen LogP contribution in [0.3, 0.4) is 0 Å². The number of unbranched alkanes of at least 4 members (excludes halogenated alkanes) is 9. The Bertz CT molecular complexity index is 440. The highest BCUT2D eigenvalue weighted by Gasteiger charge is 2.06. The number of rotatable bonds is 15. The number of benzene rings is 1. The van der Waals surface area contributed by atoms with Gasteiger partial charge in [-0.3, -0.25) is 0 Å². The molecule has 1 unspecified atom stereocenters. The zero-order valence-corrected chi connectivity index (χ0v) is 16.8. The van der Waals surface area contributed by atoms with E-state index in [-0.39, 0.29) is 0 Å². The van der Waals surface area contributed by atoms with Crippen LogP contribution in [0.1, 0.15) is 102 Å². The van der Waals surface area contributed by atoms with E-state index in [0.29, 0.717) is 5.92 Å². The van der Waals surface area contributed by atoms with E-state index in [9.17, 15) is 0 Å². The average Bonchev–Trinajstić information content (AvgIpc) is 2.65. The molecule has 1 atom stereocenters. The first-order valence-corrected chi connectivity index (χ1v) is 10.8. The summed E-state index contributed by atoms with van der Waals surface area (Å²) in [6.07, 6.45) is 25.4. The Kier molecular flexibility index (Phi) is 14.1. The summed E-state index contributed by atoms with van der Waals surface area (Å²) in [5.41, 5.74) is 1.46. The maximum atomic E-state index is 2.40. The van der Waals surface area contributed by atoms with E-state index in [1.54, 1.807) is 0 Å². The Hall–Kier alpha value is -1.30. The van der Waals surface area contributed by atoms with Crippen LogP contribution < -0.4 is 0 Å². The average molecular weight is 341 g/mol. The maximum Gasteiger partial charge on any atom is 0.00210 e. The van der Waals surface area contributed by atoms with Gasteiger partial charge in [0.2, 0.25) is 0 Å². The van der Waals surface area contributed by atoms with Crippen LogP contribution in [0.25, 0.3) is 0 Å². The summed E-state index contributed by atoms with van der Waals surface area (Å²) in [5.74, 6) is 0.566. The maximum absolute atomic E-state index is 2.40. The third-order valence-corrected chi connectivity index (χ3v) is 4.91. The number of hydrogen-bond donors (Lipinski definition) is 0. The molecular formula is C25H40. The van der Waals surface area contributed by atoms with Gasteiger partial charge in [-0.15, -0.1) is 0 Å². The lowest BCUT2D eigenvalue weighted by molar-refractivity contribution is 0.604. The van der Waals surface area contributed by atoms with Gasteiger partial charge in [-0.05, 0) is 24.8 Å². The highest BCUT2D eigenvalue weighted by molar-refractivity contribution is 5.24. The fraction of sp³-hybridized carbons (Fsp3) is 0.600. The van der Waals surface area contributed by atoms with Gasteiger partial charge in [0, 0.05) is 5.92 Å². The van der Waals surface area contributed by atoms with Crippen molar-refractivity contribution in [1.29, 1.82) is 0 Å². The lowest BCUT2D eigenvalue weighted by Crippen LogP contribution is -1.95. The Labute approximate surface area is 157 Å². The Morgan fingerprint density at radius 1 is 0.720 bits per heavy atom. The zero-order chi connectivity index (χ0) is 18.0. The zero-order valence-electron chi connectivity index (χ0n) is 16.8. The van der Waals surface area contributed by atoms with Gasteiger partial charge in [0.1, 0.15) is 0 Å². The van der Waals surface area contributed by atoms with Crippen molar-refractivity contribution in [2.24, 2.45) is 0 Å².